The number of hydrogen-bond acceptors (Lipinski definition) is 5. The molecule has 0 spiro atoms. The first-order chi connectivity index (χ1) is 18.1. The summed E-state index contributed by atoms with van der Waals surface area (Å²) in [5, 5.41) is 2.24. The molecule has 0 radical (unpaired) electrons. The van der Waals surface area contributed by atoms with Crippen LogP contribution in [0, 0.1) is 0 Å². The van der Waals surface area contributed by atoms with Gasteiger partial charge in [0.05, 0.1) is 33.8 Å². The summed E-state index contributed by atoms with van der Waals surface area (Å²) in [6.07, 6.45) is 1.05. The number of ether oxygens (including phenoxy) is 4. The highest BCUT2D eigenvalue weighted by Crippen LogP contribution is 2.39. The Bertz CT molecular complexity index is 1390. The maximum atomic E-state index is 13.8. The van der Waals surface area contributed by atoms with Crippen molar-refractivity contribution in [1.29, 1.82) is 0 Å². The maximum absolute atomic E-state index is 13.8. The van der Waals surface area contributed by atoms with Gasteiger partial charge in [-0.15, -0.1) is 0 Å². The third-order valence-corrected chi connectivity index (χ3v) is 7.01. The largest absolute Gasteiger partial charge is 0.497 e. The summed E-state index contributed by atoms with van der Waals surface area (Å²) < 4.78 is 22.6. The number of nitrogens with zero attached hydrogens (tertiary/aromatic N) is 1. The molecular formula is C31H31NO5. The summed E-state index contributed by atoms with van der Waals surface area (Å²) in [4.78, 5) is 15.7. The van der Waals surface area contributed by atoms with Gasteiger partial charge in [0, 0.05) is 6.54 Å². The second kappa shape index (κ2) is 10.8. The van der Waals surface area contributed by atoms with Crippen LogP contribution in [-0.4, -0.2) is 45.3 Å². The van der Waals surface area contributed by atoms with Gasteiger partial charge in [-0.1, -0.05) is 42.5 Å². The number of methoxy groups -OCH3 is 3. The molecule has 0 bridgehead atoms. The van der Waals surface area contributed by atoms with E-state index in [1.54, 1.807) is 21.3 Å². The zero-order valence-corrected chi connectivity index (χ0v) is 21.4. The zero-order chi connectivity index (χ0) is 25.8. The number of carbonyl (C=O) groups excluding carboxylic acids is 1. The Balaban J connectivity index is 1.46. The van der Waals surface area contributed by atoms with Gasteiger partial charge in [-0.25, -0.2) is 0 Å². The summed E-state index contributed by atoms with van der Waals surface area (Å²) in [7, 11) is 4.90. The molecule has 5 rings (SSSR count). The lowest BCUT2D eigenvalue weighted by Gasteiger charge is -2.38. The molecule has 4 aromatic rings. The molecule has 0 fully saturated rings. The predicted molar refractivity (Wildman–Crippen MR) is 144 cm³/mol. The van der Waals surface area contributed by atoms with Crippen LogP contribution >= 0.6 is 0 Å². The van der Waals surface area contributed by atoms with E-state index in [0.717, 1.165) is 45.4 Å². The fourth-order valence-corrected chi connectivity index (χ4v) is 5.06. The molecular weight excluding hydrogens is 466 g/mol. The molecule has 0 aromatic heterocycles. The molecule has 0 unspecified atom stereocenters. The number of amides is 1. The monoisotopic (exact) mass is 497 g/mol. The van der Waals surface area contributed by atoms with Gasteiger partial charge in [0.1, 0.15) is 18.1 Å². The standard InChI is InChI=1S/C31H31NO5/c1-34-24-11-13-25(14-12-24)37-20-28-27-19-30(36-3)29(35-2)17-23(27)15-16-32(28)31(33)18-22-9-6-8-21-7-4-5-10-26(21)22/h4-14,17,19,28H,15-16,18,20H2,1-3H3/t28-/m0/s1. The van der Waals surface area contributed by atoms with Crippen molar-refractivity contribution < 1.29 is 23.7 Å². The lowest BCUT2D eigenvalue weighted by atomic mass is 9.91. The van der Waals surface area contributed by atoms with Gasteiger partial charge in [-0.3, -0.25) is 4.79 Å². The smallest absolute Gasteiger partial charge is 0.227 e. The average Bonchev–Trinajstić information content (AvgIpc) is 2.95. The molecule has 6 heteroatoms. The number of fused-ring (bicyclic) bond motifs is 2. The third-order valence-electron chi connectivity index (χ3n) is 7.01. The quantitative estimate of drug-likeness (QED) is 0.317. The van der Waals surface area contributed by atoms with Gasteiger partial charge < -0.3 is 23.8 Å². The first-order valence-electron chi connectivity index (χ1n) is 12.4. The van der Waals surface area contributed by atoms with Crippen molar-refractivity contribution in [1.82, 2.24) is 4.90 Å². The van der Waals surface area contributed by atoms with Gasteiger partial charge in [0.15, 0.2) is 11.5 Å². The molecule has 37 heavy (non-hydrogen) atoms. The molecule has 4 aromatic carbocycles. The summed E-state index contributed by atoms with van der Waals surface area (Å²) in [5.41, 5.74) is 3.18. The van der Waals surface area contributed by atoms with Gasteiger partial charge in [0.2, 0.25) is 5.91 Å². The molecule has 1 heterocycles. The van der Waals surface area contributed by atoms with Crippen molar-refractivity contribution in [2.75, 3.05) is 34.5 Å². The highest BCUT2D eigenvalue weighted by molar-refractivity contribution is 5.90. The van der Waals surface area contributed by atoms with Crippen molar-refractivity contribution in [3.05, 3.63) is 95.6 Å². The van der Waals surface area contributed by atoms with Gasteiger partial charge >= 0.3 is 0 Å². The third kappa shape index (κ3) is 5.05. The molecule has 0 N–H and O–H groups in total. The van der Waals surface area contributed by atoms with E-state index < -0.39 is 0 Å². The van der Waals surface area contributed by atoms with Crippen molar-refractivity contribution in [3.8, 4) is 23.0 Å². The predicted octanol–water partition coefficient (Wildman–Crippen LogP) is 5.61. The van der Waals surface area contributed by atoms with Gasteiger partial charge in [-0.2, -0.15) is 0 Å². The van der Waals surface area contributed by atoms with Crippen LogP contribution in [0.25, 0.3) is 10.8 Å². The minimum atomic E-state index is -0.270. The van der Waals surface area contributed by atoms with Crippen LogP contribution < -0.4 is 18.9 Å². The Hall–Kier alpha value is -4.19. The Kier molecular flexibility index (Phi) is 7.17. The summed E-state index contributed by atoms with van der Waals surface area (Å²) in [6, 6.07) is 25.5. The fourth-order valence-electron chi connectivity index (χ4n) is 5.06. The van der Waals surface area contributed by atoms with Crippen LogP contribution in [0.1, 0.15) is 22.7 Å². The number of carbonyl (C=O) groups is 1. The van der Waals surface area contributed by atoms with Crippen molar-refractivity contribution in [2.24, 2.45) is 0 Å². The van der Waals surface area contributed by atoms with E-state index in [4.69, 9.17) is 18.9 Å². The van der Waals surface area contributed by atoms with E-state index in [2.05, 4.69) is 18.2 Å². The normalized spacial score (nSPS) is 14.7. The summed E-state index contributed by atoms with van der Waals surface area (Å²) >= 11 is 0. The maximum Gasteiger partial charge on any atom is 0.227 e. The van der Waals surface area contributed by atoms with Crippen molar-refractivity contribution >= 4 is 16.7 Å². The molecule has 0 saturated carbocycles. The minimum absolute atomic E-state index is 0.0696. The van der Waals surface area contributed by atoms with E-state index >= 15 is 0 Å². The van der Waals surface area contributed by atoms with Gasteiger partial charge in [0.25, 0.3) is 0 Å². The second-order valence-electron chi connectivity index (χ2n) is 9.06. The van der Waals surface area contributed by atoms with E-state index in [0.29, 0.717) is 31.1 Å². The van der Waals surface area contributed by atoms with Crippen LogP contribution in [0.15, 0.2) is 78.9 Å². The zero-order valence-electron chi connectivity index (χ0n) is 21.4. The van der Waals surface area contributed by atoms with Crippen molar-refractivity contribution in [3.63, 3.8) is 0 Å². The highest BCUT2D eigenvalue weighted by atomic mass is 16.5. The van der Waals surface area contributed by atoms with E-state index in [-0.39, 0.29) is 11.9 Å². The van der Waals surface area contributed by atoms with Gasteiger partial charge in [-0.05, 0) is 70.3 Å². The lowest BCUT2D eigenvalue weighted by molar-refractivity contribution is -0.134. The van der Waals surface area contributed by atoms with Crippen LogP contribution in [0.4, 0.5) is 0 Å². The highest BCUT2D eigenvalue weighted by Gasteiger charge is 2.33. The first-order valence-corrected chi connectivity index (χ1v) is 12.4. The number of rotatable bonds is 8. The fraction of sp³-hybridized carbons (Fsp3) is 0.258. The summed E-state index contributed by atoms with van der Waals surface area (Å²) in [5.74, 6) is 2.87. The topological polar surface area (TPSA) is 57.2 Å². The average molecular weight is 498 g/mol. The Morgan fingerprint density at radius 3 is 2.30 bits per heavy atom. The Labute approximate surface area is 217 Å². The second-order valence-corrected chi connectivity index (χ2v) is 9.06. The number of benzene rings is 4. The van der Waals surface area contributed by atoms with E-state index in [1.807, 2.05) is 65.6 Å². The van der Waals surface area contributed by atoms with E-state index in [1.165, 1.54) is 0 Å². The minimum Gasteiger partial charge on any atom is -0.497 e. The molecule has 190 valence electrons. The van der Waals surface area contributed by atoms with Crippen LogP contribution in [0.3, 0.4) is 0 Å². The van der Waals surface area contributed by atoms with Crippen LogP contribution in [-0.2, 0) is 17.6 Å². The lowest BCUT2D eigenvalue weighted by Crippen LogP contribution is -2.43. The molecule has 0 aliphatic carbocycles. The van der Waals surface area contributed by atoms with E-state index in [9.17, 15) is 4.79 Å². The Morgan fingerprint density at radius 1 is 0.838 bits per heavy atom. The first kappa shape index (κ1) is 24.5. The SMILES string of the molecule is COc1ccc(OC[C@H]2c3cc(OC)c(OC)cc3CCN2C(=O)Cc2cccc3ccccc23)cc1. The summed E-state index contributed by atoms with van der Waals surface area (Å²) in [6.45, 7) is 0.915. The van der Waals surface area contributed by atoms with Crippen molar-refractivity contribution in [2.45, 2.75) is 18.9 Å². The Morgan fingerprint density at radius 2 is 1.54 bits per heavy atom. The molecule has 1 aliphatic rings. The molecule has 1 atom stereocenters. The molecule has 1 aliphatic heterocycles. The number of hydrogen-bond donors (Lipinski definition) is 0. The van der Waals surface area contributed by atoms with Crippen LogP contribution in [0.2, 0.25) is 0 Å². The molecule has 6 nitrogen and oxygen atoms in total. The molecule has 1 amide bonds. The van der Waals surface area contributed by atoms with Crippen LogP contribution in [0.5, 0.6) is 23.0 Å². The molecule has 0 saturated heterocycles.